The second-order valence-electron chi connectivity index (χ2n) is 4.36. The first-order valence-electron chi connectivity index (χ1n) is 6.11. The minimum absolute atomic E-state index is 0.213. The third-order valence-corrected chi connectivity index (χ3v) is 3.58. The first-order valence-corrected chi connectivity index (χ1v) is 7.31. The average Bonchev–Trinajstić information content (AvgIpc) is 2.48. The summed E-state index contributed by atoms with van der Waals surface area (Å²) in [6.07, 6.45) is 3.00. The summed E-state index contributed by atoms with van der Waals surface area (Å²) >= 11 is 8.28. The second-order valence-corrected chi connectivity index (χ2v) is 5.71. The molecule has 2 N–H and O–H groups in total. The number of hydrogen-bond donors (Lipinski definition) is 1. The molecule has 4 nitrogen and oxygen atoms in total. The van der Waals surface area contributed by atoms with Gasteiger partial charge >= 0.3 is 0 Å². The van der Waals surface area contributed by atoms with Crippen molar-refractivity contribution in [3.8, 4) is 11.6 Å². The third-order valence-electron chi connectivity index (χ3n) is 2.88. The van der Waals surface area contributed by atoms with Crippen molar-refractivity contribution in [1.29, 1.82) is 0 Å². The number of nitrogens with zero attached hydrogens (tertiary/aromatic N) is 2. The molecule has 0 fully saturated rings. The van der Waals surface area contributed by atoms with Gasteiger partial charge in [-0.2, -0.15) is 0 Å². The van der Waals surface area contributed by atoms with Gasteiger partial charge in [0, 0.05) is 4.47 Å². The van der Waals surface area contributed by atoms with Crippen LogP contribution in [0.4, 0.5) is 0 Å². The predicted molar refractivity (Wildman–Crippen MR) is 89.6 cm³/mol. The van der Waals surface area contributed by atoms with Crippen molar-refractivity contribution in [3.63, 3.8) is 0 Å². The molecule has 21 heavy (non-hydrogen) atoms. The molecular formula is C15H10BrN3OS. The molecule has 0 amide bonds. The zero-order valence-electron chi connectivity index (χ0n) is 10.8. The Morgan fingerprint density at radius 1 is 1.05 bits per heavy atom. The molecule has 0 spiro atoms. The predicted octanol–water partition coefficient (Wildman–Crippen LogP) is 3.82. The second kappa shape index (κ2) is 5.75. The number of benzene rings is 2. The van der Waals surface area contributed by atoms with Gasteiger partial charge in [0.2, 0.25) is 5.88 Å². The molecule has 6 heteroatoms. The smallest absolute Gasteiger partial charge is 0.237 e. The van der Waals surface area contributed by atoms with E-state index in [0.717, 1.165) is 15.2 Å². The average molecular weight is 360 g/mol. The van der Waals surface area contributed by atoms with Crippen LogP contribution < -0.4 is 10.5 Å². The van der Waals surface area contributed by atoms with Crippen LogP contribution in [0.1, 0.15) is 5.69 Å². The number of fused-ring (bicyclic) bond motifs is 1. The molecular weight excluding hydrogens is 350 g/mol. The molecule has 104 valence electrons. The first-order chi connectivity index (χ1) is 10.1. The van der Waals surface area contributed by atoms with Gasteiger partial charge < -0.3 is 10.5 Å². The highest BCUT2D eigenvalue weighted by Crippen LogP contribution is 2.26. The maximum atomic E-state index is 5.68. The molecule has 1 aromatic heterocycles. The fraction of sp³-hybridized carbons (Fsp3) is 0. The van der Waals surface area contributed by atoms with Gasteiger partial charge in [-0.15, -0.1) is 0 Å². The van der Waals surface area contributed by atoms with Crippen LogP contribution in [-0.4, -0.2) is 15.0 Å². The van der Waals surface area contributed by atoms with Crippen LogP contribution in [0.25, 0.3) is 10.8 Å². The Hall–Kier alpha value is -2.05. The standard InChI is InChI=1S/C15H10BrN3OS/c16-11-3-1-10-6-12(4-2-9(10)5-11)20-14-8-18-13(7-19-14)15(17)21/h1-8H,(H2,17,21). The lowest BCUT2D eigenvalue weighted by Crippen LogP contribution is -2.11. The minimum Gasteiger partial charge on any atom is -0.437 e. The quantitative estimate of drug-likeness (QED) is 0.720. The van der Waals surface area contributed by atoms with Gasteiger partial charge in [-0.05, 0) is 35.0 Å². The molecule has 0 saturated carbocycles. The highest BCUT2D eigenvalue weighted by Gasteiger charge is 2.03. The molecule has 0 atom stereocenters. The lowest BCUT2D eigenvalue weighted by atomic mass is 10.1. The normalized spacial score (nSPS) is 10.5. The van der Waals surface area contributed by atoms with Crippen LogP contribution in [0, 0.1) is 0 Å². The molecule has 3 aromatic rings. The molecule has 0 aliphatic carbocycles. The number of nitrogens with two attached hydrogens (primary N) is 1. The minimum atomic E-state index is 0.213. The molecule has 0 bridgehead atoms. The number of ether oxygens (including phenoxy) is 1. The zero-order valence-corrected chi connectivity index (χ0v) is 13.2. The summed E-state index contributed by atoms with van der Waals surface area (Å²) in [6, 6.07) is 11.9. The molecule has 0 saturated heterocycles. The van der Waals surface area contributed by atoms with Crippen LogP contribution >= 0.6 is 28.1 Å². The monoisotopic (exact) mass is 359 g/mol. The highest BCUT2D eigenvalue weighted by atomic mass is 79.9. The number of halogens is 1. The van der Waals surface area contributed by atoms with E-state index in [1.165, 1.54) is 12.4 Å². The van der Waals surface area contributed by atoms with E-state index >= 15 is 0 Å². The summed E-state index contributed by atoms with van der Waals surface area (Å²) in [7, 11) is 0. The van der Waals surface area contributed by atoms with E-state index < -0.39 is 0 Å². The Morgan fingerprint density at radius 2 is 1.81 bits per heavy atom. The Morgan fingerprint density at radius 3 is 2.52 bits per heavy atom. The van der Waals surface area contributed by atoms with E-state index in [-0.39, 0.29) is 4.99 Å². The first kappa shape index (κ1) is 13.9. The zero-order chi connectivity index (χ0) is 14.8. The van der Waals surface area contributed by atoms with Gasteiger partial charge in [0.05, 0.1) is 12.4 Å². The van der Waals surface area contributed by atoms with E-state index in [4.69, 9.17) is 22.7 Å². The summed E-state index contributed by atoms with van der Waals surface area (Å²) in [4.78, 5) is 8.43. The van der Waals surface area contributed by atoms with Gasteiger partial charge in [0.15, 0.2) is 0 Å². The Bertz CT molecular complexity index is 821. The number of rotatable bonds is 3. The van der Waals surface area contributed by atoms with Gasteiger partial charge in [-0.1, -0.05) is 40.3 Å². The Kier molecular flexibility index (Phi) is 3.81. The van der Waals surface area contributed by atoms with Crippen LogP contribution in [0.5, 0.6) is 11.6 Å². The summed E-state index contributed by atoms with van der Waals surface area (Å²) < 4.78 is 6.73. The maximum absolute atomic E-state index is 5.68. The molecule has 0 aliphatic rings. The fourth-order valence-corrected chi connectivity index (χ4v) is 2.36. The Balaban J connectivity index is 1.87. The van der Waals surface area contributed by atoms with Crippen molar-refractivity contribution in [3.05, 3.63) is 59.0 Å². The summed E-state index contributed by atoms with van der Waals surface area (Å²) in [5.41, 5.74) is 5.95. The van der Waals surface area contributed by atoms with Gasteiger partial charge in [-0.25, -0.2) is 9.97 Å². The molecule has 0 unspecified atom stereocenters. The van der Waals surface area contributed by atoms with E-state index in [0.29, 0.717) is 17.3 Å². The fourth-order valence-electron chi connectivity index (χ4n) is 1.88. The van der Waals surface area contributed by atoms with Crippen molar-refractivity contribution in [2.45, 2.75) is 0 Å². The van der Waals surface area contributed by atoms with Crippen molar-refractivity contribution >= 4 is 43.9 Å². The summed E-state index contributed by atoms with van der Waals surface area (Å²) in [5, 5.41) is 2.22. The van der Waals surface area contributed by atoms with E-state index in [1.54, 1.807) is 0 Å². The third kappa shape index (κ3) is 3.17. The van der Waals surface area contributed by atoms with Crippen LogP contribution in [0.2, 0.25) is 0 Å². The van der Waals surface area contributed by atoms with Crippen LogP contribution in [0.15, 0.2) is 53.3 Å². The molecule has 1 heterocycles. The highest BCUT2D eigenvalue weighted by molar-refractivity contribution is 9.10. The van der Waals surface area contributed by atoms with Crippen LogP contribution in [0.3, 0.4) is 0 Å². The van der Waals surface area contributed by atoms with Crippen LogP contribution in [-0.2, 0) is 0 Å². The topological polar surface area (TPSA) is 61.0 Å². The van der Waals surface area contributed by atoms with Gasteiger partial charge in [-0.3, -0.25) is 0 Å². The molecule has 0 radical (unpaired) electrons. The van der Waals surface area contributed by atoms with E-state index in [1.807, 2.05) is 30.3 Å². The molecule has 2 aromatic carbocycles. The van der Waals surface area contributed by atoms with Gasteiger partial charge in [0.1, 0.15) is 16.4 Å². The number of aromatic nitrogens is 2. The number of thiocarbonyl (C=S) groups is 1. The van der Waals surface area contributed by atoms with Crippen molar-refractivity contribution in [2.75, 3.05) is 0 Å². The van der Waals surface area contributed by atoms with Crippen molar-refractivity contribution in [2.24, 2.45) is 5.73 Å². The van der Waals surface area contributed by atoms with Gasteiger partial charge in [0.25, 0.3) is 0 Å². The van der Waals surface area contributed by atoms with Crippen molar-refractivity contribution in [1.82, 2.24) is 9.97 Å². The largest absolute Gasteiger partial charge is 0.437 e. The lowest BCUT2D eigenvalue weighted by Gasteiger charge is -2.06. The number of hydrogen-bond acceptors (Lipinski definition) is 4. The summed E-state index contributed by atoms with van der Waals surface area (Å²) in [5.74, 6) is 1.09. The van der Waals surface area contributed by atoms with Crippen molar-refractivity contribution < 1.29 is 4.74 Å². The lowest BCUT2D eigenvalue weighted by molar-refractivity contribution is 0.460. The SMILES string of the molecule is NC(=S)c1cnc(Oc2ccc3cc(Br)ccc3c2)cn1. The molecule has 0 aliphatic heterocycles. The van der Waals surface area contributed by atoms with E-state index in [9.17, 15) is 0 Å². The Labute approximate surface area is 135 Å². The van der Waals surface area contributed by atoms with E-state index in [2.05, 4.69) is 32.0 Å². The maximum Gasteiger partial charge on any atom is 0.237 e. The molecule has 3 rings (SSSR count). The summed E-state index contributed by atoms with van der Waals surface area (Å²) in [6.45, 7) is 0.